The molecular weight excluding hydrogens is 348 g/mol. The van der Waals surface area contributed by atoms with Gasteiger partial charge in [0.25, 0.3) is 0 Å². The van der Waals surface area contributed by atoms with Crippen molar-refractivity contribution in [1.82, 2.24) is 14.9 Å². The van der Waals surface area contributed by atoms with Gasteiger partial charge in [0, 0.05) is 55.5 Å². The number of carbonyl (C=O) groups excluding carboxylic acids is 1. The summed E-state index contributed by atoms with van der Waals surface area (Å²) in [6, 6.07) is 9.28. The summed E-state index contributed by atoms with van der Waals surface area (Å²) in [4.78, 5) is 26.3. The number of likely N-dealkylation sites (N-methyl/N-ethyl adjacent to an activating group) is 1. The Balaban J connectivity index is 1.46. The van der Waals surface area contributed by atoms with E-state index in [9.17, 15) is 4.79 Å². The van der Waals surface area contributed by atoms with E-state index in [1.807, 2.05) is 38.4 Å². The Bertz CT molecular complexity index is 802. The van der Waals surface area contributed by atoms with Crippen LogP contribution in [0.1, 0.15) is 39.2 Å². The molecule has 2 aromatic rings. The lowest BCUT2D eigenvalue weighted by molar-refractivity contribution is -0.121. The third-order valence-corrected chi connectivity index (χ3v) is 6.18. The molecule has 2 aliphatic rings. The highest BCUT2D eigenvalue weighted by Gasteiger charge is 2.40. The smallest absolute Gasteiger partial charge is 0.225 e. The number of carbonyl (C=O) groups is 1. The van der Waals surface area contributed by atoms with E-state index in [4.69, 9.17) is 9.97 Å². The zero-order valence-corrected chi connectivity index (χ0v) is 17.1. The Kier molecular flexibility index (Phi) is 5.44. The molecule has 1 aromatic heterocycles. The SMILES string of the molecule is CCN1CC2CCC(C1)N2c1ncc(-c2ccc(CC(=O)C(C)C)cc2)cn1. The number of benzene rings is 1. The van der Waals surface area contributed by atoms with E-state index in [0.717, 1.165) is 42.3 Å². The van der Waals surface area contributed by atoms with E-state index in [2.05, 4.69) is 28.9 Å². The Morgan fingerprint density at radius 3 is 2.18 bits per heavy atom. The van der Waals surface area contributed by atoms with Gasteiger partial charge < -0.3 is 4.90 Å². The van der Waals surface area contributed by atoms with E-state index in [-0.39, 0.29) is 11.7 Å². The van der Waals surface area contributed by atoms with Crippen LogP contribution in [0.4, 0.5) is 5.95 Å². The molecule has 0 aliphatic carbocycles. The Morgan fingerprint density at radius 2 is 1.64 bits per heavy atom. The lowest BCUT2D eigenvalue weighted by atomic mass is 9.99. The van der Waals surface area contributed by atoms with Crippen molar-refractivity contribution in [2.45, 2.75) is 52.1 Å². The molecule has 0 N–H and O–H groups in total. The first-order valence-corrected chi connectivity index (χ1v) is 10.5. The number of nitrogens with zero attached hydrogens (tertiary/aromatic N) is 4. The third-order valence-electron chi connectivity index (χ3n) is 6.18. The molecule has 5 heteroatoms. The van der Waals surface area contributed by atoms with E-state index in [0.29, 0.717) is 18.5 Å². The molecule has 0 spiro atoms. The van der Waals surface area contributed by atoms with E-state index in [1.54, 1.807) is 0 Å². The van der Waals surface area contributed by atoms with Gasteiger partial charge in [-0.05, 0) is 30.5 Å². The first-order chi connectivity index (χ1) is 13.5. The molecule has 3 heterocycles. The van der Waals surface area contributed by atoms with Crippen LogP contribution in [0.2, 0.25) is 0 Å². The second-order valence-electron chi connectivity index (χ2n) is 8.41. The topological polar surface area (TPSA) is 49.3 Å². The summed E-state index contributed by atoms with van der Waals surface area (Å²) in [6.45, 7) is 9.50. The van der Waals surface area contributed by atoms with Crippen LogP contribution in [-0.4, -0.2) is 52.4 Å². The van der Waals surface area contributed by atoms with Crippen LogP contribution in [0.15, 0.2) is 36.7 Å². The molecule has 1 aromatic carbocycles. The first-order valence-electron chi connectivity index (χ1n) is 10.5. The van der Waals surface area contributed by atoms with Crippen LogP contribution < -0.4 is 4.90 Å². The highest BCUT2D eigenvalue weighted by Crippen LogP contribution is 2.33. The number of likely N-dealkylation sites (tertiary alicyclic amines) is 1. The molecule has 2 saturated heterocycles. The average molecular weight is 379 g/mol. The summed E-state index contributed by atoms with van der Waals surface area (Å²) in [5.41, 5.74) is 3.17. The maximum Gasteiger partial charge on any atom is 0.225 e. The fraction of sp³-hybridized carbons (Fsp3) is 0.522. The molecule has 4 rings (SSSR count). The number of anilines is 1. The third kappa shape index (κ3) is 3.81. The number of piperazine rings is 1. The predicted molar refractivity (Wildman–Crippen MR) is 112 cm³/mol. The molecule has 28 heavy (non-hydrogen) atoms. The monoisotopic (exact) mass is 378 g/mol. The first kappa shape index (κ1) is 19.1. The maximum absolute atomic E-state index is 11.9. The van der Waals surface area contributed by atoms with Crippen molar-refractivity contribution in [3.8, 4) is 11.1 Å². The number of ketones is 1. The van der Waals surface area contributed by atoms with Crippen molar-refractivity contribution in [2.24, 2.45) is 5.92 Å². The van der Waals surface area contributed by atoms with Crippen molar-refractivity contribution >= 4 is 11.7 Å². The van der Waals surface area contributed by atoms with Crippen LogP contribution in [0.5, 0.6) is 0 Å². The summed E-state index contributed by atoms with van der Waals surface area (Å²) in [5.74, 6) is 1.22. The minimum absolute atomic E-state index is 0.0788. The number of hydrogen-bond acceptors (Lipinski definition) is 5. The fourth-order valence-corrected chi connectivity index (χ4v) is 4.40. The standard InChI is InChI=1S/C23H30N4O/c1-4-26-14-20-9-10-21(15-26)27(20)23-24-12-19(13-25-23)18-7-5-17(6-8-18)11-22(28)16(2)3/h5-8,12-13,16,20-21H,4,9-11,14-15H2,1-3H3. The van der Waals surface area contributed by atoms with Gasteiger partial charge in [-0.1, -0.05) is 45.0 Å². The van der Waals surface area contributed by atoms with Crippen LogP contribution in [-0.2, 0) is 11.2 Å². The van der Waals surface area contributed by atoms with Gasteiger partial charge in [0.15, 0.2) is 0 Å². The van der Waals surface area contributed by atoms with Gasteiger partial charge in [0.2, 0.25) is 5.95 Å². The second-order valence-corrected chi connectivity index (χ2v) is 8.41. The predicted octanol–water partition coefficient (Wildman–Crippen LogP) is 3.58. The highest BCUT2D eigenvalue weighted by atomic mass is 16.1. The van der Waals surface area contributed by atoms with Gasteiger partial charge in [-0.2, -0.15) is 0 Å². The zero-order chi connectivity index (χ0) is 19.7. The minimum atomic E-state index is 0.0788. The van der Waals surface area contributed by atoms with Crippen molar-refractivity contribution in [3.63, 3.8) is 0 Å². The van der Waals surface area contributed by atoms with Crippen LogP contribution >= 0.6 is 0 Å². The summed E-state index contributed by atoms with van der Waals surface area (Å²) < 4.78 is 0. The normalized spacial score (nSPS) is 22.1. The number of aromatic nitrogens is 2. The number of fused-ring (bicyclic) bond motifs is 2. The van der Waals surface area contributed by atoms with Gasteiger partial charge in [-0.3, -0.25) is 9.69 Å². The zero-order valence-electron chi connectivity index (χ0n) is 17.1. The van der Waals surface area contributed by atoms with Gasteiger partial charge in [0.1, 0.15) is 5.78 Å². The van der Waals surface area contributed by atoms with Crippen molar-refractivity contribution < 1.29 is 4.79 Å². The summed E-state index contributed by atoms with van der Waals surface area (Å²) in [7, 11) is 0. The minimum Gasteiger partial charge on any atom is -0.332 e. The van der Waals surface area contributed by atoms with Gasteiger partial charge in [-0.15, -0.1) is 0 Å². The number of Topliss-reactive ketones (excluding diaryl/α,β-unsaturated/α-hetero) is 1. The average Bonchev–Trinajstić information content (AvgIpc) is 2.98. The Hall–Kier alpha value is -2.27. The Labute approximate surface area is 167 Å². The van der Waals surface area contributed by atoms with Gasteiger partial charge in [-0.25, -0.2) is 9.97 Å². The quantitative estimate of drug-likeness (QED) is 0.769. The molecule has 2 bridgehead atoms. The molecule has 5 nitrogen and oxygen atoms in total. The molecule has 2 unspecified atom stereocenters. The lowest BCUT2D eigenvalue weighted by Crippen LogP contribution is -2.54. The van der Waals surface area contributed by atoms with Crippen LogP contribution in [0.25, 0.3) is 11.1 Å². The van der Waals surface area contributed by atoms with Crippen LogP contribution in [0, 0.1) is 5.92 Å². The molecule has 0 radical (unpaired) electrons. The molecular formula is C23H30N4O. The van der Waals surface area contributed by atoms with Crippen LogP contribution in [0.3, 0.4) is 0 Å². The molecule has 148 valence electrons. The maximum atomic E-state index is 11.9. The molecule has 2 atom stereocenters. The van der Waals surface area contributed by atoms with Gasteiger partial charge >= 0.3 is 0 Å². The Morgan fingerprint density at radius 1 is 1.04 bits per heavy atom. The molecule has 0 saturated carbocycles. The second kappa shape index (κ2) is 8.00. The summed E-state index contributed by atoms with van der Waals surface area (Å²) >= 11 is 0. The van der Waals surface area contributed by atoms with E-state index >= 15 is 0 Å². The largest absolute Gasteiger partial charge is 0.332 e. The van der Waals surface area contributed by atoms with Gasteiger partial charge in [0.05, 0.1) is 0 Å². The highest BCUT2D eigenvalue weighted by molar-refractivity contribution is 5.82. The van der Waals surface area contributed by atoms with E-state index in [1.165, 1.54) is 12.8 Å². The summed E-state index contributed by atoms with van der Waals surface area (Å²) in [6.07, 6.45) is 6.84. The molecule has 2 aliphatic heterocycles. The van der Waals surface area contributed by atoms with Crippen molar-refractivity contribution in [1.29, 1.82) is 0 Å². The van der Waals surface area contributed by atoms with Crippen molar-refractivity contribution in [2.75, 3.05) is 24.5 Å². The number of rotatable bonds is 6. The molecule has 0 amide bonds. The summed E-state index contributed by atoms with van der Waals surface area (Å²) in [5, 5.41) is 0. The molecule has 2 fully saturated rings. The number of hydrogen-bond donors (Lipinski definition) is 0. The lowest BCUT2D eigenvalue weighted by Gasteiger charge is -2.40. The fourth-order valence-electron chi connectivity index (χ4n) is 4.40. The van der Waals surface area contributed by atoms with E-state index < -0.39 is 0 Å². The van der Waals surface area contributed by atoms with Crippen molar-refractivity contribution in [3.05, 3.63) is 42.2 Å².